The number of benzene rings is 1. The molecule has 1 aliphatic heterocycles. The Kier molecular flexibility index (Phi) is 2.58. The van der Waals surface area contributed by atoms with Crippen molar-refractivity contribution in [3.63, 3.8) is 0 Å². The van der Waals surface area contributed by atoms with Crippen molar-refractivity contribution in [2.75, 3.05) is 11.4 Å². The van der Waals surface area contributed by atoms with E-state index >= 15 is 0 Å². The lowest BCUT2D eigenvalue weighted by Crippen LogP contribution is -2.23. The van der Waals surface area contributed by atoms with Crippen LogP contribution in [0.15, 0.2) is 36.5 Å². The first-order valence-electron chi connectivity index (χ1n) is 5.27. The Hall–Kier alpha value is -1.24. The SMILES string of the molecule is Cc1cccc(N2C=C[C@@H](C)CC2)c1. The Morgan fingerprint density at radius 1 is 1.36 bits per heavy atom. The van der Waals surface area contributed by atoms with Gasteiger partial charge in [0.25, 0.3) is 0 Å². The van der Waals surface area contributed by atoms with Gasteiger partial charge < -0.3 is 4.90 Å². The largest absolute Gasteiger partial charge is 0.348 e. The Balaban J connectivity index is 2.20. The molecule has 0 spiro atoms. The fourth-order valence-electron chi connectivity index (χ4n) is 1.79. The topological polar surface area (TPSA) is 3.24 Å². The van der Waals surface area contributed by atoms with Crippen LogP contribution < -0.4 is 4.90 Å². The molecule has 0 saturated heterocycles. The Morgan fingerprint density at radius 2 is 2.21 bits per heavy atom. The van der Waals surface area contributed by atoms with Crippen LogP contribution in [0.2, 0.25) is 0 Å². The quantitative estimate of drug-likeness (QED) is 0.651. The summed E-state index contributed by atoms with van der Waals surface area (Å²) in [6.07, 6.45) is 5.75. The van der Waals surface area contributed by atoms with Crippen molar-refractivity contribution >= 4 is 5.69 Å². The number of hydrogen-bond donors (Lipinski definition) is 0. The van der Waals surface area contributed by atoms with Gasteiger partial charge in [-0.3, -0.25) is 0 Å². The van der Waals surface area contributed by atoms with Gasteiger partial charge in [-0.05, 0) is 37.0 Å². The second-order valence-electron chi connectivity index (χ2n) is 4.14. The second-order valence-corrected chi connectivity index (χ2v) is 4.14. The van der Waals surface area contributed by atoms with E-state index in [1.165, 1.54) is 17.7 Å². The number of allylic oxidation sites excluding steroid dienone is 1. The van der Waals surface area contributed by atoms with Crippen molar-refractivity contribution in [3.05, 3.63) is 42.1 Å². The summed E-state index contributed by atoms with van der Waals surface area (Å²) in [5, 5.41) is 0. The number of aryl methyl sites for hydroxylation is 1. The zero-order chi connectivity index (χ0) is 9.97. The number of nitrogens with zero attached hydrogens (tertiary/aromatic N) is 1. The summed E-state index contributed by atoms with van der Waals surface area (Å²) in [5.74, 6) is 0.732. The molecule has 0 amide bonds. The zero-order valence-electron chi connectivity index (χ0n) is 8.90. The van der Waals surface area contributed by atoms with Gasteiger partial charge in [0.1, 0.15) is 0 Å². The number of rotatable bonds is 1. The van der Waals surface area contributed by atoms with E-state index in [1.54, 1.807) is 0 Å². The van der Waals surface area contributed by atoms with Gasteiger partial charge in [0.05, 0.1) is 0 Å². The van der Waals surface area contributed by atoms with Crippen molar-refractivity contribution in [3.8, 4) is 0 Å². The van der Waals surface area contributed by atoms with Gasteiger partial charge in [-0.2, -0.15) is 0 Å². The molecule has 0 N–H and O–H groups in total. The maximum absolute atomic E-state index is 2.33. The summed E-state index contributed by atoms with van der Waals surface area (Å²) >= 11 is 0. The normalized spacial score (nSPS) is 21.3. The molecule has 0 radical (unpaired) electrons. The van der Waals surface area contributed by atoms with Crippen molar-refractivity contribution in [2.24, 2.45) is 5.92 Å². The highest BCUT2D eigenvalue weighted by Gasteiger charge is 2.10. The maximum atomic E-state index is 2.33. The molecule has 14 heavy (non-hydrogen) atoms. The molecule has 2 rings (SSSR count). The predicted molar refractivity (Wildman–Crippen MR) is 61.4 cm³/mol. The fraction of sp³-hybridized carbons (Fsp3) is 0.385. The molecule has 1 atom stereocenters. The standard InChI is InChI=1S/C13H17N/c1-11-6-8-14(9-7-11)13-5-3-4-12(2)10-13/h3-6,8,10-11H,7,9H2,1-2H3/t11-/m1/s1. The third kappa shape index (κ3) is 1.98. The summed E-state index contributed by atoms with van der Waals surface area (Å²) in [6, 6.07) is 8.67. The van der Waals surface area contributed by atoms with Crippen LogP contribution in [-0.2, 0) is 0 Å². The van der Waals surface area contributed by atoms with Crippen LogP contribution in [0.1, 0.15) is 18.9 Å². The van der Waals surface area contributed by atoms with Crippen LogP contribution in [0.4, 0.5) is 5.69 Å². The summed E-state index contributed by atoms with van der Waals surface area (Å²) in [6.45, 7) is 5.55. The lowest BCUT2D eigenvalue weighted by molar-refractivity contribution is 0.621. The lowest BCUT2D eigenvalue weighted by atomic mass is 10.0. The van der Waals surface area contributed by atoms with E-state index in [0.717, 1.165) is 12.5 Å². The third-order valence-electron chi connectivity index (χ3n) is 2.75. The Morgan fingerprint density at radius 3 is 2.86 bits per heavy atom. The molecular formula is C13H17N. The van der Waals surface area contributed by atoms with Crippen molar-refractivity contribution in [2.45, 2.75) is 20.3 Å². The number of anilines is 1. The first kappa shape index (κ1) is 9.32. The monoisotopic (exact) mass is 187 g/mol. The maximum Gasteiger partial charge on any atom is 0.0408 e. The minimum absolute atomic E-state index is 0.732. The highest BCUT2D eigenvalue weighted by Crippen LogP contribution is 2.21. The minimum atomic E-state index is 0.732. The third-order valence-corrected chi connectivity index (χ3v) is 2.75. The van der Waals surface area contributed by atoms with Gasteiger partial charge in [0, 0.05) is 18.4 Å². The van der Waals surface area contributed by atoms with Crippen LogP contribution in [0.5, 0.6) is 0 Å². The first-order chi connectivity index (χ1) is 6.75. The average Bonchev–Trinajstić information content (AvgIpc) is 2.19. The van der Waals surface area contributed by atoms with Gasteiger partial charge in [-0.1, -0.05) is 25.1 Å². The van der Waals surface area contributed by atoms with Crippen molar-refractivity contribution in [1.82, 2.24) is 0 Å². The van der Waals surface area contributed by atoms with E-state index in [9.17, 15) is 0 Å². The molecule has 1 heteroatoms. The molecule has 1 aromatic rings. The highest BCUT2D eigenvalue weighted by molar-refractivity contribution is 5.51. The summed E-state index contributed by atoms with van der Waals surface area (Å²) in [7, 11) is 0. The molecule has 0 saturated carbocycles. The van der Waals surface area contributed by atoms with E-state index in [4.69, 9.17) is 0 Å². The Labute approximate surface area is 86.1 Å². The van der Waals surface area contributed by atoms with E-state index < -0.39 is 0 Å². The minimum Gasteiger partial charge on any atom is -0.348 e. The van der Waals surface area contributed by atoms with E-state index in [2.05, 4.69) is 55.3 Å². The van der Waals surface area contributed by atoms with Gasteiger partial charge >= 0.3 is 0 Å². The lowest BCUT2D eigenvalue weighted by Gasteiger charge is -2.26. The molecular weight excluding hydrogens is 170 g/mol. The van der Waals surface area contributed by atoms with Crippen molar-refractivity contribution < 1.29 is 0 Å². The zero-order valence-corrected chi connectivity index (χ0v) is 8.90. The molecule has 1 aliphatic rings. The van der Waals surface area contributed by atoms with E-state index in [0.29, 0.717) is 0 Å². The molecule has 1 nitrogen and oxygen atoms in total. The van der Waals surface area contributed by atoms with Crippen LogP contribution in [0, 0.1) is 12.8 Å². The van der Waals surface area contributed by atoms with Crippen LogP contribution in [0.3, 0.4) is 0 Å². The smallest absolute Gasteiger partial charge is 0.0408 e. The molecule has 0 aliphatic carbocycles. The molecule has 1 aromatic carbocycles. The van der Waals surface area contributed by atoms with E-state index in [1.807, 2.05) is 0 Å². The van der Waals surface area contributed by atoms with Crippen LogP contribution in [-0.4, -0.2) is 6.54 Å². The van der Waals surface area contributed by atoms with Crippen LogP contribution >= 0.6 is 0 Å². The van der Waals surface area contributed by atoms with Gasteiger partial charge in [-0.15, -0.1) is 0 Å². The van der Waals surface area contributed by atoms with Crippen molar-refractivity contribution in [1.29, 1.82) is 0 Å². The van der Waals surface area contributed by atoms with E-state index in [-0.39, 0.29) is 0 Å². The summed E-state index contributed by atoms with van der Waals surface area (Å²) < 4.78 is 0. The first-order valence-corrected chi connectivity index (χ1v) is 5.27. The van der Waals surface area contributed by atoms with Gasteiger partial charge in [0.2, 0.25) is 0 Å². The average molecular weight is 187 g/mol. The second kappa shape index (κ2) is 3.87. The molecule has 0 fully saturated rings. The van der Waals surface area contributed by atoms with Gasteiger partial charge in [-0.25, -0.2) is 0 Å². The van der Waals surface area contributed by atoms with Crippen LogP contribution in [0.25, 0.3) is 0 Å². The molecule has 0 bridgehead atoms. The molecule has 74 valence electrons. The number of hydrogen-bond acceptors (Lipinski definition) is 1. The fourth-order valence-corrected chi connectivity index (χ4v) is 1.79. The van der Waals surface area contributed by atoms with Gasteiger partial charge in [0.15, 0.2) is 0 Å². The summed E-state index contributed by atoms with van der Waals surface area (Å²) in [4.78, 5) is 2.33. The summed E-state index contributed by atoms with van der Waals surface area (Å²) in [5.41, 5.74) is 2.64. The molecule has 0 unspecified atom stereocenters. The molecule has 0 aromatic heterocycles. The highest BCUT2D eigenvalue weighted by atomic mass is 15.1. The predicted octanol–water partition coefficient (Wildman–Crippen LogP) is 3.35. The molecule has 1 heterocycles. The Bertz CT molecular complexity index is 341.